The highest BCUT2D eigenvalue weighted by molar-refractivity contribution is 6.99. The summed E-state index contributed by atoms with van der Waals surface area (Å²) in [4.78, 5) is 7.72. The molecule has 3 aromatic carbocycles. The minimum absolute atomic E-state index is 0.0146. The number of aliphatic hydroxyl groups excluding tert-OH is 2. The van der Waals surface area contributed by atoms with Crippen molar-refractivity contribution in [2.24, 2.45) is 0 Å². The van der Waals surface area contributed by atoms with Gasteiger partial charge in [-0.05, 0) is 41.4 Å². The summed E-state index contributed by atoms with van der Waals surface area (Å²) in [6, 6.07) is 28.2. The Morgan fingerprint density at radius 1 is 0.872 bits per heavy atom. The molecule has 1 aromatic heterocycles. The first kappa shape index (κ1) is 27.7. The molecule has 1 aliphatic rings. The van der Waals surface area contributed by atoms with Gasteiger partial charge in [0.1, 0.15) is 30.2 Å². The van der Waals surface area contributed by atoms with E-state index in [0.717, 1.165) is 21.4 Å². The lowest BCUT2D eigenvalue weighted by Gasteiger charge is -2.43. The number of nitrogens with one attached hydrogen (secondary N) is 1. The number of benzene rings is 3. The molecule has 1 aliphatic heterocycles. The van der Waals surface area contributed by atoms with E-state index < -0.39 is 38.5 Å². The maximum Gasteiger partial charge on any atom is 0.261 e. The van der Waals surface area contributed by atoms with Gasteiger partial charge in [-0.25, -0.2) is 4.98 Å². The molecule has 8 heteroatoms. The van der Waals surface area contributed by atoms with E-state index in [9.17, 15) is 10.2 Å². The van der Waals surface area contributed by atoms with Gasteiger partial charge >= 0.3 is 0 Å². The zero-order valence-corrected chi connectivity index (χ0v) is 24.2. The largest absolute Gasteiger partial charge is 0.405 e. The fraction of sp³-hybridized carbons (Fsp3) is 0.387. The zero-order valence-electron chi connectivity index (χ0n) is 23.2. The summed E-state index contributed by atoms with van der Waals surface area (Å²) in [6.07, 6.45) is -3.87. The van der Waals surface area contributed by atoms with Gasteiger partial charge < -0.3 is 29.1 Å². The topological polar surface area (TPSA) is 96.8 Å². The van der Waals surface area contributed by atoms with Crippen LogP contribution in [0.5, 0.6) is 0 Å². The smallest absolute Gasteiger partial charge is 0.261 e. The lowest BCUT2D eigenvalue weighted by Crippen LogP contribution is -2.67. The zero-order chi connectivity index (χ0) is 27.8. The Balaban J connectivity index is 1.45. The Bertz CT molecular complexity index is 1310. The molecule has 0 radical (unpaired) electrons. The number of aromatic nitrogens is 2. The average Bonchev–Trinajstić information content (AvgIpc) is 3.49. The van der Waals surface area contributed by atoms with Crippen LogP contribution in [0.15, 0.2) is 84.9 Å². The second kappa shape index (κ2) is 10.6. The third kappa shape index (κ3) is 5.33. The molecule has 0 bridgehead atoms. The molecule has 206 valence electrons. The Kier molecular flexibility index (Phi) is 7.54. The van der Waals surface area contributed by atoms with Gasteiger partial charge in [0, 0.05) is 0 Å². The number of H-pyrrole nitrogens is 1. The van der Waals surface area contributed by atoms with Crippen molar-refractivity contribution in [3.63, 3.8) is 0 Å². The van der Waals surface area contributed by atoms with Gasteiger partial charge in [0.25, 0.3) is 8.32 Å². The van der Waals surface area contributed by atoms with Crippen molar-refractivity contribution in [1.82, 2.24) is 9.97 Å². The van der Waals surface area contributed by atoms with Gasteiger partial charge in [-0.15, -0.1) is 0 Å². The van der Waals surface area contributed by atoms with Crippen molar-refractivity contribution < 1.29 is 24.1 Å². The van der Waals surface area contributed by atoms with Crippen LogP contribution >= 0.6 is 0 Å². The van der Waals surface area contributed by atoms with Crippen molar-refractivity contribution in [3.8, 4) is 0 Å². The summed E-state index contributed by atoms with van der Waals surface area (Å²) in [5, 5.41) is 24.9. The molecule has 7 nitrogen and oxygen atoms in total. The number of imidazole rings is 1. The van der Waals surface area contributed by atoms with Crippen LogP contribution in [0.4, 0.5) is 0 Å². The molecule has 2 heterocycles. The summed E-state index contributed by atoms with van der Waals surface area (Å²) in [5.41, 5.74) is 1.56. The molecule has 3 N–H and O–H groups in total. The third-order valence-electron chi connectivity index (χ3n) is 7.43. The second-order valence-corrected chi connectivity index (χ2v) is 16.0. The number of rotatable bonds is 8. The lowest BCUT2D eigenvalue weighted by atomic mass is 10.0. The van der Waals surface area contributed by atoms with Crippen LogP contribution in [-0.4, -0.2) is 59.2 Å². The molecule has 5 rings (SSSR count). The van der Waals surface area contributed by atoms with E-state index in [-0.39, 0.29) is 11.6 Å². The van der Waals surface area contributed by atoms with Gasteiger partial charge in [0.2, 0.25) is 0 Å². The van der Waals surface area contributed by atoms with Crippen molar-refractivity contribution in [1.29, 1.82) is 0 Å². The highest BCUT2D eigenvalue weighted by Gasteiger charge is 2.53. The fourth-order valence-electron chi connectivity index (χ4n) is 5.69. The Morgan fingerprint density at radius 3 is 1.97 bits per heavy atom. The monoisotopic (exact) mass is 546 g/mol. The molecule has 1 fully saturated rings. The number of ether oxygens (including phenoxy) is 2. The van der Waals surface area contributed by atoms with E-state index in [1.54, 1.807) is 13.8 Å². The van der Waals surface area contributed by atoms with Crippen molar-refractivity contribution in [2.45, 2.75) is 69.9 Å². The maximum atomic E-state index is 11.6. The first-order valence-electron chi connectivity index (χ1n) is 13.4. The van der Waals surface area contributed by atoms with Gasteiger partial charge in [-0.1, -0.05) is 93.6 Å². The number of hydrogen-bond acceptors (Lipinski definition) is 6. The molecule has 39 heavy (non-hydrogen) atoms. The van der Waals surface area contributed by atoms with Crippen LogP contribution in [0.2, 0.25) is 5.04 Å². The third-order valence-corrected chi connectivity index (χ3v) is 12.4. The summed E-state index contributed by atoms with van der Waals surface area (Å²) < 4.78 is 19.2. The molecule has 0 amide bonds. The summed E-state index contributed by atoms with van der Waals surface area (Å²) in [7, 11) is -2.87. The van der Waals surface area contributed by atoms with Crippen LogP contribution < -0.4 is 10.4 Å². The molecule has 4 aromatic rings. The highest BCUT2D eigenvalue weighted by atomic mass is 28.4. The van der Waals surface area contributed by atoms with E-state index in [1.165, 1.54) is 0 Å². The molecule has 0 saturated carbocycles. The predicted molar refractivity (Wildman–Crippen MR) is 154 cm³/mol. The molecule has 0 unspecified atom stereocenters. The van der Waals surface area contributed by atoms with E-state index in [4.69, 9.17) is 13.9 Å². The Hall–Kier alpha value is -2.85. The molecular formula is C31H38N2O5Si. The Labute approximate surface area is 230 Å². The quantitative estimate of drug-likeness (QED) is 0.289. The molecule has 4 atom stereocenters. The Morgan fingerprint density at radius 2 is 1.41 bits per heavy atom. The molecule has 0 aliphatic carbocycles. The van der Waals surface area contributed by atoms with Crippen LogP contribution in [0.25, 0.3) is 11.0 Å². The first-order valence-corrected chi connectivity index (χ1v) is 15.3. The van der Waals surface area contributed by atoms with E-state index in [1.807, 2.05) is 60.7 Å². The maximum absolute atomic E-state index is 11.6. The summed E-state index contributed by atoms with van der Waals surface area (Å²) >= 11 is 0. The standard InChI is InChI=1S/C31H38N2O5Si/c1-30(2,3)39(21-14-8-6-9-15-21,22-16-10-7-11-17-22)36-20-25(34)27-28(38-31(4,5)37-27)26(35)29-32-23-18-12-13-19-24(23)33-29/h6-19,25-28,34-35H,20H2,1-5H3,(H,32,33)/t25-,26-,27-,28+/m1/s1. The van der Waals surface area contributed by atoms with Gasteiger partial charge in [0.05, 0.1) is 17.6 Å². The van der Waals surface area contributed by atoms with Crippen LogP contribution in [-0.2, 0) is 13.9 Å². The van der Waals surface area contributed by atoms with Gasteiger partial charge in [-0.3, -0.25) is 0 Å². The first-order chi connectivity index (χ1) is 18.5. The normalized spacial score (nSPS) is 21.2. The molecular weight excluding hydrogens is 508 g/mol. The van der Waals surface area contributed by atoms with Crippen molar-refractivity contribution >= 4 is 29.7 Å². The summed E-state index contributed by atoms with van der Waals surface area (Å²) in [6.45, 7) is 10.1. The predicted octanol–water partition coefficient (Wildman–Crippen LogP) is 4.05. The van der Waals surface area contributed by atoms with Crippen LogP contribution in [0.1, 0.15) is 46.5 Å². The van der Waals surface area contributed by atoms with Crippen molar-refractivity contribution in [3.05, 3.63) is 90.8 Å². The lowest BCUT2D eigenvalue weighted by molar-refractivity contribution is -0.162. The number of para-hydroxylation sites is 2. The number of fused-ring (bicyclic) bond motifs is 1. The number of nitrogens with zero attached hydrogens (tertiary/aromatic N) is 1. The summed E-state index contributed by atoms with van der Waals surface area (Å²) in [5.74, 6) is -0.631. The van der Waals surface area contributed by atoms with Gasteiger partial charge in [0.15, 0.2) is 5.79 Å². The van der Waals surface area contributed by atoms with Crippen LogP contribution in [0.3, 0.4) is 0 Å². The SMILES string of the molecule is CC1(C)O[C@@H]([C@@H](O)c2nc3ccccc3[nH]2)[C@@H]([C@H](O)CO[Si](c2ccccc2)(c2ccccc2)C(C)(C)C)O1. The highest BCUT2D eigenvalue weighted by Crippen LogP contribution is 2.39. The molecule has 1 saturated heterocycles. The molecule has 0 spiro atoms. The fourth-order valence-corrected chi connectivity index (χ4v) is 10.3. The second-order valence-electron chi connectivity index (χ2n) is 11.7. The van der Waals surface area contributed by atoms with E-state index in [0.29, 0.717) is 5.82 Å². The van der Waals surface area contributed by atoms with Crippen LogP contribution in [0, 0.1) is 0 Å². The van der Waals surface area contributed by atoms with E-state index in [2.05, 4.69) is 55.0 Å². The van der Waals surface area contributed by atoms with E-state index >= 15 is 0 Å². The minimum Gasteiger partial charge on any atom is -0.405 e. The number of aliphatic hydroxyl groups is 2. The average molecular weight is 547 g/mol. The van der Waals surface area contributed by atoms with Crippen molar-refractivity contribution in [2.75, 3.05) is 6.61 Å². The minimum atomic E-state index is -2.87. The number of aromatic amines is 1. The van der Waals surface area contributed by atoms with Gasteiger partial charge in [-0.2, -0.15) is 0 Å². The number of hydrogen-bond donors (Lipinski definition) is 3.